The van der Waals surface area contributed by atoms with E-state index in [0.717, 1.165) is 77.2 Å². The van der Waals surface area contributed by atoms with Gasteiger partial charge in [0.25, 0.3) is 0 Å². The lowest BCUT2D eigenvalue weighted by Gasteiger charge is -2.45. The molecule has 0 bridgehead atoms. The summed E-state index contributed by atoms with van der Waals surface area (Å²) in [4.78, 5) is 27.6. The van der Waals surface area contributed by atoms with Crippen molar-refractivity contribution in [2.45, 2.75) is 95.9 Å². The fraction of sp³-hybridized carbons (Fsp3) is 0.676. The van der Waals surface area contributed by atoms with Gasteiger partial charge in [-0.15, -0.1) is 0 Å². The zero-order valence-corrected chi connectivity index (χ0v) is 26.4. The van der Waals surface area contributed by atoms with Gasteiger partial charge in [0.1, 0.15) is 5.82 Å². The highest BCUT2D eigenvalue weighted by molar-refractivity contribution is 5.78. The van der Waals surface area contributed by atoms with Gasteiger partial charge >= 0.3 is 0 Å². The maximum Gasteiger partial charge on any atom is 0.224 e. The third-order valence-electron chi connectivity index (χ3n) is 9.28. The number of piperidine rings is 2. The molecule has 2 aromatic rings. The van der Waals surface area contributed by atoms with E-state index in [4.69, 9.17) is 9.72 Å². The van der Waals surface area contributed by atoms with Crippen molar-refractivity contribution < 1.29 is 9.53 Å². The number of amides is 1. The maximum absolute atomic E-state index is 12.9. The molecular weight excluding hydrogens is 538 g/mol. The molecule has 3 aliphatic heterocycles. The number of rotatable bonds is 12. The predicted octanol–water partition coefficient (Wildman–Crippen LogP) is 4.60. The summed E-state index contributed by atoms with van der Waals surface area (Å²) in [6.07, 6.45) is 11.8. The molecule has 3 N–H and O–H groups in total. The second kappa shape index (κ2) is 15.8. The number of benzene rings is 1. The molecule has 9 heteroatoms. The predicted molar refractivity (Wildman–Crippen MR) is 173 cm³/mol. The molecule has 1 aromatic carbocycles. The highest BCUT2D eigenvalue weighted by atomic mass is 16.5. The van der Waals surface area contributed by atoms with Gasteiger partial charge in [-0.2, -0.15) is 4.98 Å². The van der Waals surface area contributed by atoms with Crippen LogP contribution in [0.4, 0.5) is 11.8 Å². The number of aromatic nitrogens is 2. The molecule has 2 unspecified atom stereocenters. The van der Waals surface area contributed by atoms with E-state index in [9.17, 15) is 4.79 Å². The van der Waals surface area contributed by atoms with Crippen LogP contribution in [0.1, 0.15) is 77.2 Å². The van der Waals surface area contributed by atoms with Crippen molar-refractivity contribution in [1.82, 2.24) is 25.5 Å². The van der Waals surface area contributed by atoms with Crippen molar-refractivity contribution in [3.63, 3.8) is 0 Å². The van der Waals surface area contributed by atoms with Gasteiger partial charge in [0.05, 0.1) is 12.2 Å². The quantitative estimate of drug-likeness (QED) is 0.330. The fourth-order valence-electron chi connectivity index (χ4n) is 6.90. The zero-order valence-electron chi connectivity index (χ0n) is 26.4. The van der Waals surface area contributed by atoms with Crippen LogP contribution in [0.25, 0.3) is 0 Å². The molecular formula is C34H53N7O2. The molecule has 9 nitrogen and oxygen atoms in total. The normalized spacial score (nSPS) is 22.6. The Morgan fingerprint density at radius 2 is 1.77 bits per heavy atom. The van der Waals surface area contributed by atoms with E-state index < -0.39 is 0 Å². The molecule has 1 amide bonds. The van der Waals surface area contributed by atoms with Crippen LogP contribution >= 0.6 is 0 Å². The second-order valence-electron chi connectivity index (χ2n) is 13.2. The lowest BCUT2D eigenvalue weighted by Crippen LogP contribution is -2.56. The third-order valence-corrected chi connectivity index (χ3v) is 9.28. The molecule has 3 fully saturated rings. The van der Waals surface area contributed by atoms with E-state index in [1.807, 2.05) is 18.3 Å². The monoisotopic (exact) mass is 591 g/mol. The van der Waals surface area contributed by atoms with Crippen LogP contribution in [-0.2, 0) is 16.1 Å². The van der Waals surface area contributed by atoms with Gasteiger partial charge in [0.15, 0.2) is 0 Å². The Kier molecular flexibility index (Phi) is 11.7. The van der Waals surface area contributed by atoms with Crippen molar-refractivity contribution in [2.24, 2.45) is 5.92 Å². The van der Waals surface area contributed by atoms with Crippen molar-refractivity contribution in [2.75, 3.05) is 56.0 Å². The summed E-state index contributed by atoms with van der Waals surface area (Å²) < 4.78 is 6.47. The Morgan fingerprint density at radius 1 is 1.00 bits per heavy atom. The highest BCUT2D eigenvalue weighted by Gasteiger charge is 2.35. The summed E-state index contributed by atoms with van der Waals surface area (Å²) in [6.45, 7) is 11.4. The van der Waals surface area contributed by atoms with E-state index in [2.05, 4.69) is 68.8 Å². The summed E-state index contributed by atoms with van der Waals surface area (Å²) in [6, 6.07) is 12.9. The van der Waals surface area contributed by atoms with Crippen molar-refractivity contribution in [3.8, 4) is 0 Å². The Bertz CT molecular complexity index is 1120. The first kappa shape index (κ1) is 31.7. The van der Waals surface area contributed by atoms with E-state index in [1.54, 1.807) is 0 Å². The molecule has 0 saturated carbocycles. The van der Waals surface area contributed by atoms with Gasteiger partial charge in [-0.05, 0) is 90.1 Å². The standard InChI is InChI=1S/C34H53N7O2/c1-34(2,43-25-27-11-6-5-7-12-27)26-41-24-10-13-29(30(41)16-20-36-32(42)28-14-18-35-19-15-28)38-33-37-21-17-31(39-33)40-22-8-3-4-9-23-40/h5-7,11-12,17,21,28-30,35H,3-4,8-10,13-16,18-20,22-26H2,1-2H3,(H,36,42)(H,37,38,39). The average Bonchev–Trinajstić information content (AvgIpc) is 3.32. The molecule has 4 heterocycles. The first-order chi connectivity index (χ1) is 21.0. The minimum atomic E-state index is -0.322. The first-order valence-electron chi connectivity index (χ1n) is 16.7. The molecule has 236 valence electrons. The Labute approximate surface area is 258 Å². The smallest absolute Gasteiger partial charge is 0.224 e. The number of hydrogen-bond donors (Lipinski definition) is 3. The number of hydrogen-bond acceptors (Lipinski definition) is 8. The third kappa shape index (κ3) is 9.62. The SMILES string of the molecule is CC(C)(CN1CCCC(Nc2nccc(N3CCCCCC3)n2)C1CCNC(=O)C1CCNCC1)OCc1ccccc1. The number of nitrogens with zero attached hydrogens (tertiary/aromatic N) is 4. The van der Waals surface area contributed by atoms with Gasteiger partial charge in [-0.25, -0.2) is 4.98 Å². The molecule has 3 aliphatic rings. The van der Waals surface area contributed by atoms with Crippen LogP contribution in [0.15, 0.2) is 42.6 Å². The second-order valence-corrected chi connectivity index (χ2v) is 13.2. The molecule has 0 spiro atoms. The minimum Gasteiger partial charge on any atom is -0.370 e. The number of nitrogens with one attached hydrogen (secondary N) is 3. The van der Waals surface area contributed by atoms with E-state index in [1.165, 1.54) is 31.2 Å². The summed E-state index contributed by atoms with van der Waals surface area (Å²) in [7, 11) is 0. The number of carbonyl (C=O) groups is 1. The number of likely N-dealkylation sites (tertiary alicyclic amines) is 1. The van der Waals surface area contributed by atoms with Crippen LogP contribution in [0, 0.1) is 5.92 Å². The Balaban J connectivity index is 1.26. The average molecular weight is 592 g/mol. The lowest BCUT2D eigenvalue weighted by atomic mass is 9.91. The fourth-order valence-corrected chi connectivity index (χ4v) is 6.90. The number of carbonyl (C=O) groups excluding carboxylic acids is 1. The topological polar surface area (TPSA) is 94.7 Å². The van der Waals surface area contributed by atoms with Crippen molar-refractivity contribution in [1.29, 1.82) is 0 Å². The van der Waals surface area contributed by atoms with Gasteiger partial charge in [0, 0.05) is 50.4 Å². The van der Waals surface area contributed by atoms with Gasteiger partial charge in [-0.3, -0.25) is 9.69 Å². The summed E-state index contributed by atoms with van der Waals surface area (Å²) in [5.41, 5.74) is 0.865. The zero-order chi connectivity index (χ0) is 29.9. The molecule has 1 aromatic heterocycles. The molecule has 5 rings (SSSR count). The summed E-state index contributed by atoms with van der Waals surface area (Å²) in [5.74, 6) is 2.05. The molecule has 43 heavy (non-hydrogen) atoms. The van der Waals surface area contributed by atoms with Gasteiger partial charge in [-0.1, -0.05) is 43.2 Å². The van der Waals surface area contributed by atoms with E-state index in [-0.39, 0.29) is 29.5 Å². The Morgan fingerprint density at radius 3 is 2.53 bits per heavy atom. The molecule has 0 aliphatic carbocycles. The van der Waals surface area contributed by atoms with Gasteiger partial charge < -0.3 is 25.6 Å². The van der Waals surface area contributed by atoms with E-state index in [0.29, 0.717) is 19.1 Å². The van der Waals surface area contributed by atoms with Crippen LogP contribution < -0.4 is 20.9 Å². The molecule has 3 saturated heterocycles. The van der Waals surface area contributed by atoms with Crippen LogP contribution in [0.3, 0.4) is 0 Å². The van der Waals surface area contributed by atoms with Gasteiger partial charge in [0.2, 0.25) is 11.9 Å². The van der Waals surface area contributed by atoms with E-state index >= 15 is 0 Å². The number of ether oxygens (including phenoxy) is 1. The summed E-state index contributed by atoms with van der Waals surface area (Å²) >= 11 is 0. The van der Waals surface area contributed by atoms with Crippen LogP contribution in [0.5, 0.6) is 0 Å². The molecule has 0 radical (unpaired) electrons. The molecule has 2 atom stereocenters. The van der Waals surface area contributed by atoms with Crippen molar-refractivity contribution >= 4 is 17.7 Å². The van der Waals surface area contributed by atoms with Crippen LogP contribution in [0.2, 0.25) is 0 Å². The first-order valence-corrected chi connectivity index (χ1v) is 16.7. The maximum atomic E-state index is 12.9. The highest BCUT2D eigenvalue weighted by Crippen LogP contribution is 2.27. The lowest BCUT2D eigenvalue weighted by molar-refractivity contribution is -0.125. The Hall–Kier alpha value is -2.75. The minimum absolute atomic E-state index is 0.123. The largest absolute Gasteiger partial charge is 0.370 e. The number of anilines is 2. The summed E-state index contributed by atoms with van der Waals surface area (Å²) in [5, 5.41) is 10.4. The van der Waals surface area contributed by atoms with Crippen molar-refractivity contribution in [3.05, 3.63) is 48.2 Å². The van der Waals surface area contributed by atoms with Crippen LogP contribution in [-0.4, -0.2) is 84.3 Å².